The van der Waals surface area contributed by atoms with Gasteiger partial charge in [0.15, 0.2) is 0 Å². The number of aryl methyl sites for hydroxylation is 1. The van der Waals surface area contributed by atoms with Crippen molar-refractivity contribution in [1.82, 2.24) is 9.88 Å². The van der Waals surface area contributed by atoms with Crippen molar-refractivity contribution in [2.75, 3.05) is 6.54 Å². The van der Waals surface area contributed by atoms with E-state index in [2.05, 4.69) is 20.9 Å². The summed E-state index contributed by atoms with van der Waals surface area (Å²) in [6.07, 6.45) is 0.621. The highest BCUT2D eigenvalue weighted by Crippen LogP contribution is 2.29. The van der Waals surface area contributed by atoms with E-state index in [4.69, 9.17) is 4.74 Å². The molecule has 4 nitrogen and oxygen atoms in total. The molecule has 1 amide bonds. The van der Waals surface area contributed by atoms with Crippen LogP contribution in [0.2, 0.25) is 0 Å². The van der Waals surface area contributed by atoms with Crippen LogP contribution in [-0.4, -0.2) is 28.1 Å². The molecule has 0 aliphatic carbocycles. The lowest BCUT2D eigenvalue weighted by Crippen LogP contribution is -2.39. The number of aromatic nitrogens is 1. The van der Waals surface area contributed by atoms with Crippen molar-refractivity contribution in [2.45, 2.75) is 46.3 Å². The van der Waals surface area contributed by atoms with E-state index in [-0.39, 0.29) is 6.09 Å². The highest BCUT2D eigenvalue weighted by atomic mass is 79.9. The van der Waals surface area contributed by atoms with Gasteiger partial charge in [0.1, 0.15) is 5.60 Å². The maximum Gasteiger partial charge on any atom is 0.410 e. The predicted molar refractivity (Wildman–Crippen MR) is 73.6 cm³/mol. The molecule has 0 atom stereocenters. The standard InChI is InChI=1S/C13H19BrN2O2/c1-8-11(14)9-5-6-16(7-10(9)15-8)12(17)18-13(2,3)4/h15H,5-7H2,1-4H3. The van der Waals surface area contributed by atoms with Gasteiger partial charge in [0.2, 0.25) is 0 Å². The number of rotatable bonds is 0. The molecule has 0 unspecified atom stereocenters. The Morgan fingerprint density at radius 3 is 2.72 bits per heavy atom. The third kappa shape index (κ3) is 2.71. The van der Waals surface area contributed by atoms with Gasteiger partial charge in [-0.05, 0) is 55.6 Å². The number of hydrogen-bond donors (Lipinski definition) is 1. The van der Waals surface area contributed by atoms with E-state index in [1.54, 1.807) is 4.90 Å². The van der Waals surface area contributed by atoms with Gasteiger partial charge < -0.3 is 14.6 Å². The van der Waals surface area contributed by atoms with Crippen molar-refractivity contribution in [3.05, 3.63) is 21.4 Å². The summed E-state index contributed by atoms with van der Waals surface area (Å²) in [6, 6.07) is 0. The SMILES string of the molecule is Cc1[nH]c2c(c1Br)CCN(C(=O)OC(C)(C)C)C2. The Hall–Kier alpha value is -0.970. The molecule has 0 saturated carbocycles. The molecule has 1 aromatic rings. The van der Waals surface area contributed by atoms with Gasteiger partial charge in [-0.1, -0.05) is 0 Å². The van der Waals surface area contributed by atoms with Crippen LogP contribution in [0, 0.1) is 6.92 Å². The van der Waals surface area contributed by atoms with E-state index >= 15 is 0 Å². The number of H-pyrrole nitrogens is 1. The van der Waals surface area contributed by atoms with Crippen molar-refractivity contribution in [2.24, 2.45) is 0 Å². The zero-order valence-corrected chi connectivity index (χ0v) is 12.8. The van der Waals surface area contributed by atoms with Crippen LogP contribution in [0.4, 0.5) is 4.79 Å². The van der Waals surface area contributed by atoms with Crippen LogP contribution in [-0.2, 0) is 17.7 Å². The number of aromatic amines is 1. The van der Waals surface area contributed by atoms with Crippen LogP contribution in [0.1, 0.15) is 37.7 Å². The number of carbonyl (C=O) groups is 1. The largest absolute Gasteiger partial charge is 0.444 e. The minimum Gasteiger partial charge on any atom is -0.444 e. The number of carbonyl (C=O) groups excluding carboxylic acids is 1. The average molecular weight is 315 g/mol. The summed E-state index contributed by atoms with van der Waals surface area (Å²) in [5.74, 6) is 0. The lowest BCUT2D eigenvalue weighted by atomic mass is 10.1. The normalized spacial score (nSPS) is 15.5. The van der Waals surface area contributed by atoms with E-state index in [0.29, 0.717) is 13.1 Å². The Bertz CT molecular complexity index is 474. The Labute approximate surface area is 116 Å². The summed E-state index contributed by atoms with van der Waals surface area (Å²) in [4.78, 5) is 17.1. The predicted octanol–water partition coefficient (Wildman–Crippen LogP) is 3.38. The molecule has 18 heavy (non-hydrogen) atoms. The van der Waals surface area contributed by atoms with Crippen molar-refractivity contribution >= 4 is 22.0 Å². The summed E-state index contributed by atoms with van der Waals surface area (Å²) in [5.41, 5.74) is 3.07. The molecule has 5 heteroatoms. The molecule has 0 saturated heterocycles. The van der Waals surface area contributed by atoms with E-state index in [9.17, 15) is 4.79 Å². The molecular formula is C13H19BrN2O2. The number of ether oxygens (including phenoxy) is 1. The molecule has 0 spiro atoms. The molecule has 100 valence electrons. The molecule has 0 radical (unpaired) electrons. The highest BCUT2D eigenvalue weighted by Gasteiger charge is 2.27. The number of amides is 1. The van der Waals surface area contributed by atoms with Crippen LogP contribution >= 0.6 is 15.9 Å². The first kappa shape index (κ1) is 13.5. The number of halogens is 1. The van der Waals surface area contributed by atoms with Gasteiger partial charge in [-0.2, -0.15) is 0 Å². The Morgan fingerprint density at radius 2 is 2.11 bits per heavy atom. The second-order valence-electron chi connectivity index (χ2n) is 5.67. The second-order valence-corrected chi connectivity index (χ2v) is 6.47. The number of hydrogen-bond acceptors (Lipinski definition) is 2. The third-order valence-electron chi connectivity index (χ3n) is 2.93. The van der Waals surface area contributed by atoms with Crippen molar-refractivity contribution in [3.8, 4) is 0 Å². The van der Waals surface area contributed by atoms with E-state index in [1.165, 1.54) is 5.56 Å². The van der Waals surface area contributed by atoms with Gasteiger partial charge in [-0.25, -0.2) is 4.79 Å². The van der Waals surface area contributed by atoms with E-state index in [1.807, 2.05) is 27.7 Å². The summed E-state index contributed by atoms with van der Waals surface area (Å²) in [6.45, 7) is 8.98. The van der Waals surface area contributed by atoms with E-state index < -0.39 is 5.60 Å². The van der Waals surface area contributed by atoms with Crippen LogP contribution in [0.3, 0.4) is 0 Å². The maximum absolute atomic E-state index is 12.0. The Morgan fingerprint density at radius 1 is 1.44 bits per heavy atom. The minimum absolute atomic E-state index is 0.239. The summed E-state index contributed by atoms with van der Waals surface area (Å²) in [5, 5.41) is 0. The molecule has 0 fully saturated rings. The fraction of sp³-hybridized carbons (Fsp3) is 0.615. The second kappa shape index (κ2) is 4.61. The molecule has 1 aliphatic rings. The summed E-state index contributed by atoms with van der Waals surface area (Å²) < 4.78 is 6.53. The molecule has 0 aromatic carbocycles. The maximum atomic E-state index is 12.0. The lowest BCUT2D eigenvalue weighted by Gasteiger charge is -2.30. The van der Waals surface area contributed by atoms with Crippen molar-refractivity contribution in [1.29, 1.82) is 0 Å². The fourth-order valence-electron chi connectivity index (χ4n) is 2.11. The number of nitrogens with one attached hydrogen (secondary N) is 1. The molecule has 1 N–H and O–H groups in total. The fourth-order valence-corrected chi connectivity index (χ4v) is 2.65. The first-order valence-corrected chi connectivity index (χ1v) is 6.91. The first-order valence-electron chi connectivity index (χ1n) is 6.11. The molecule has 2 rings (SSSR count). The van der Waals surface area contributed by atoms with Crippen molar-refractivity contribution in [3.63, 3.8) is 0 Å². The monoisotopic (exact) mass is 314 g/mol. The number of fused-ring (bicyclic) bond motifs is 1. The molecule has 1 aromatic heterocycles. The van der Waals surface area contributed by atoms with Gasteiger partial charge in [-0.15, -0.1) is 0 Å². The van der Waals surface area contributed by atoms with Gasteiger partial charge in [0, 0.05) is 22.4 Å². The Kier molecular flexibility index (Phi) is 3.45. The van der Waals surface area contributed by atoms with E-state index in [0.717, 1.165) is 22.3 Å². The van der Waals surface area contributed by atoms with Crippen LogP contribution in [0.15, 0.2) is 4.47 Å². The van der Waals surface area contributed by atoms with Crippen LogP contribution in [0.5, 0.6) is 0 Å². The molecule has 1 aliphatic heterocycles. The highest BCUT2D eigenvalue weighted by molar-refractivity contribution is 9.10. The quantitative estimate of drug-likeness (QED) is 0.798. The zero-order chi connectivity index (χ0) is 13.5. The van der Waals surface area contributed by atoms with Gasteiger partial charge >= 0.3 is 6.09 Å². The van der Waals surface area contributed by atoms with Gasteiger partial charge in [0.25, 0.3) is 0 Å². The lowest BCUT2D eigenvalue weighted by molar-refractivity contribution is 0.0221. The summed E-state index contributed by atoms with van der Waals surface area (Å²) >= 11 is 3.58. The average Bonchev–Trinajstić information content (AvgIpc) is 2.52. The summed E-state index contributed by atoms with van der Waals surface area (Å²) in [7, 11) is 0. The minimum atomic E-state index is -0.441. The smallest absolute Gasteiger partial charge is 0.410 e. The topological polar surface area (TPSA) is 45.3 Å². The molecular weight excluding hydrogens is 296 g/mol. The third-order valence-corrected chi connectivity index (χ3v) is 4.00. The van der Waals surface area contributed by atoms with Gasteiger partial charge in [0.05, 0.1) is 6.54 Å². The number of nitrogens with zero attached hydrogens (tertiary/aromatic N) is 1. The molecule has 0 bridgehead atoms. The van der Waals surface area contributed by atoms with Gasteiger partial charge in [-0.3, -0.25) is 0 Å². The first-order chi connectivity index (χ1) is 8.28. The zero-order valence-electron chi connectivity index (χ0n) is 11.3. The van der Waals surface area contributed by atoms with Crippen molar-refractivity contribution < 1.29 is 9.53 Å². The Balaban J connectivity index is 2.10. The molecule has 2 heterocycles. The van der Waals surface area contributed by atoms with Crippen LogP contribution < -0.4 is 0 Å². The van der Waals surface area contributed by atoms with Crippen LogP contribution in [0.25, 0.3) is 0 Å².